The summed E-state index contributed by atoms with van der Waals surface area (Å²) in [5.41, 5.74) is 1.88. The molecule has 2 rings (SSSR count). The molecule has 2 aromatic rings. The molecule has 3 nitrogen and oxygen atoms in total. The normalized spacial score (nSPS) is 14.5. The second-order valence-electron chi connectivity index (χ2n) is 6.84. The minimum absolute atomic E-state index is 0.688. The van der Waals surface area contributed by atoms with E-state index in [1.165, 1.54) is 12.8 Å². The molecule has 0 unspecified atom stereocenters. The predicted octanol–water partition coefficient (Wildman–Crippen LogP) is 5.73. The number of nitrogens with zero attached hydrogens (tertiary/aromatic N) is 1. The fourth-order valence-corrected chi connectivity index (χ4v) is 2.85. The zero-order chi connectivity index (χ0) is 16.1. The lowest BCUT2D eigenvalue weighted by atomic mass is 9.89. The smallest absolute Gasteiger partial charge is 0.139 e. The molecule has 122 valence electrons. The molecule has 4 heteroatoms. The Kier molecular flexibility index (Phi) is 6.13. The van der Waals surface area contributed by atoms with E-state index in [1.54, 1.807) is 6.20 Å². The van der Waals surface area contributed by atoms with Gasteiger partial charge in [0, 0.05) is 18.1 Å². The summed E-state index contributed by atoms with van der Waals surface area (Å²) in [5.74, 6) is 2.32. The fourth-order valence-electron chi connectivity index (χ4n) is 2.63. The number of aromatic nitrogens is 2. The summed E-state index contributed by atoms with van der Waals surface area (Å²) in [6.45, 7) is 10.3. The third-order valence-corrected chi connectivity index (χ3v) is 5.02. The first-order valence-corrected chi connectivity index (χ1v) is 8.72. The summed E-state index contributed by atoms with van der Waals surface area (Å²) in [7, 11) is 0. The first kappa shape index (κ1) is 17.1. The number of aromatic amines is 1. The van der Waals surface area contributed by atoms with Crippen molar-refractivity contribution in [2.75, 3.05) is 11.9 Å². The molecule has 0 saturated carbocycles. The van der Waals surface area contributed by atoms with Crippen molar-refractivity contribution >= 4 is 28.3 Å². The van der Waals surface area contributed by atoms with Crippen molar-refractivity contribution in [1.82, 2.24) is 9.97 Å². The zero-order valence-corrected chi connectivity index (χ0v) is 14.9. The summed E-state index contributed by atoms with van der Waals surface area (Å²) < 4.78 is 0. The van der Waals surface area contributed by atoms with E-state index < -0.39 is 0 Å². The van der Waals surface area contributed by atoms with Crippen LogP contribution < -0.4 is 5.32 Å². The predicted molar refractivity (Wildman–Crippen MR) is 96.6 cm³/mol. The number of halogens is 1. The van der Waals surface area contributed by atoms with Crippen LogP contribution in [-0.2, 0) is 0 Å². The molecular weight excluding hydrogens is 294 g/mol. The van der Waals surface area contributed by atoms with Crippen molar-refractivity contribution in [3.63, 3.8) is 0 Å². The first-order valence-electron chi connectivity index (χ1n) is 8.34. The van der Waals surface area contributed by atoms with Gasteiger partial charge in [0.15, 0.2) is 0 Å². The van der Waals surface area contributed by atoms with Gasteiger partial charge in [-0.05, 0) is 30.2 Å². The van der Waals surface area contributed by atoms with Crippen LogP contribution in [0.1, 0.15) is 47.0 Å². The minimum Gasteiger partial charge on any atom is -0.383 e. The zero-order valence-electron chi connectivity index (χ0n) is 14.1. The van der Waals surface area contributed by atoms with Crippen molar-refractivity contribution in [1.29, 1.82) is 0 Å². The number of H-pyrrole nitrogens is 1. The van der Waals surface area contributed by atoms with E-state index >= 15 is 0 Å². The van der Waals surface area contributed by atoms with Crippen LogP contribution in [-0.4, -0.2) is 16.5 Å². The Morgan fingerprint density at radius 2 is 1.95 bits per heavy atom. The fraction of sp³-hybridized carbons (Fsp3) is 0.611. The second-order valence-corrected chi connectivity index (χ2v) is 7.25. The van der Waals surface area contributed by atoms with Crippen molar-refractivity contribution in [3.05, 3.63) is 23.5 Å². The Morgan fingerprint density at radius 1 is 1.18 bits per heavy atom. The Labute approximate surface area is 138 Å². The molecule has 2 aromatic heterocycles. The topological polar surface area (TPSA) is 40.7 Å². The summed E-state index contributed by atoms with van der Waals surface area (Å²) >= 11 is 6.27. The van der Waals surface area contributed by atoms with Gasteiger partial charge in [0.2, 0.25) is 0 Å². The maximum Gasteiger partial charge on any atom is 0.139 e. The number of fused-ring (bicyclic) bond motifs is 1. The maximum absolute atomic E-state index is 6.27. The van der Waals surface area contributed by atoms with Crippen LogP contribution in [0.25, 0.3) is 11.0 Å². The van der Waals surface area contributed by atoms with Gasteiger partial charge in [-0.25, -0.2) is 4.98 Å². The quantitative estimate of drug-likeness (QED) is 0.652. The average Bonchev–Trinajstić information content (AvgIpc) is 2.95. The number of pyridine rings is 1. The van der Waals surface area contributed by atoms with Gasteiger partial charge in [0.05, 0.1) is 16.9 Å². The summed E-state index contributed by atoms with van der Waals surface area (Å²) in [6, 6.07) is 2.02. The van der Waals surface area contributed by atoms with E-state index in [9.17, 15) is 0 Å². The van der Waals surface area contributed by atoms with Gasteiger partial charge in [-0.3, -0.25) is 0 Å². The SMILES string of the molecule is CC(C)[C@H](C)CC[C@@H](C)CCNc1c(Cl)cnc2[nH]ccc12. The van der Waals surface area contributed by atoms with Crippen LogP contribution in [0, 0.1) is 17.8 Å². The molecule has 0 aliphatic heterocycles. The highest BCUT2D eigenvalue weighted by Crippen LogP contribution is 2.29. The lowest BCUT2D eigenvalue weighted by Crippen LogP contribution is -2.10. The number of nitrogens with one attached hydrogen (secondary N) is 2. The molecule has 2 atom stereocenters. The molecule has 0 bridgehead atoms. The van der Waals surface area contributed by atoms with Gasteiger partial charge in [0.25, 0.3) is 0 Å². The molecule has 2 N–H and O–H groups in total. The van der Waals surface area contributed by atoms with Crippen molar-refractivity contribution in [2.24, 2.45) is 17.8 Å². The monoisotopic (exact) mass is 321 g/mol. The lowest BCUT2D eigenvalue weighted by molar-refractivity contribution is 0.346. The lowest BCUT2D eigenvalue weighted by Gasteiger charge is -2.19. The molecule has 0 aliphatic rings. The van der Waals surface area contributed by atoms with E-state index in [4.69, 9.17) is 11.6 Å². The molecule has 0 aromatic carbocycles. The van der Waals surface area contributed by atoms with Crippen LogP contribution >= 0.6 is 11.6 Å². The molecule has 0 spiro atoms. The molecule has 2 heterocycles. The van der Waals surface area contributed by atoms with Gasteiger partial charge in [-0.2, -0.15) is 0 Å². The van der Waals surface area contributed by atoms with Gasteiger partial charge < -0.3 is 10.3 Å². The van der Waals surface area contributed by atoms with E-state index in [0.29, 0.717) is 5.02 Å². The Morgan fingerprint density at radius 3 is 2.68 bits per heavy atom. The third-order valence-electron chi connectivity index (χ3n) is 4.73. The van der Waals surface area contributed by atoms with Crippen molar-refractivity contribution < 1.29 is 0 Å². The van der Waals surface area contributed by atoms with E-state index in [2.05, 4.69) is 43.0 Å². The molecule has 0 aliphatic carbocycles. The molecule has 0 radical (unpaired) electrons. The summed E-state index contributed by atoms with van der Waals surface area (Å²) in [6.07, 6.45) is 7.38. The number of rotatable bonds is 8. The highest BCUT2D eigenvalue weighted by molar-refractivity contribution is 6.34. The number of anilines is 1. The Bertz CT molecular complexity index is 591. The third kappa shape index (κ3) is 4.39. The van der Waals surface area contributed by atoms with Crippen LogP contribution in [0.2, 0.25) is 5.02 Å². The number of hydrogen-bond donors (Lipinski definition) is 2. The van der Waals surface area contributed by atoms with E-state index in [0.717, 1.165) is 47.4 Å². The molecule has 0 amide bonds. The van der Waals surface area contributed by atoms with E-state index in [1.807, 2.05) is 12.3 Å². The molecular formula is C18H28ClN3. The first-order chi connectivity index (χ1) is 10.5. The largest absolute Gasteiger partial charge is 0.383 e. The van der Waals surface area contributed by atoms with Crippen LogP contribution in [0.4, 0.5) is 5.69 Å². The van der Waals surface area contributed by atoms with Crippen LogP contribution in [0.5, 0.6) is 0 Å². The van der Waals surface area contributed by atoms with Gasteiger partial charge in [0.1, 0.15) is 5.65 Å². The summed E-state index contributed by atoms with van der Waals surface area (Å²) in [4.78, 5) is 7.40. The highest BCUT2D eigenvalue weighted by atomic mass is 35.5. The van der Waals surface area contributed by atoms with Crippen molar-refractivity contribution in [3.8, 4) is 0 Å². The molecule has 0 fully saturated rings. The molecule has 0 saturated heterocycles. The van der Waals surface area contributed by atoms with Crippen LogP contribution in [0.15, 0.2) is 18.5 Å². The van der Waals surface area contributed by atoms with Gasteiger partial charge >= 0.3 is 0 Å². The average molecular weight is 322 g/mol. The van der Waals surface area contributed by atoms with E-state index in [-0.39, 0.29) is 0 Å². The highest BCUT2D eigenvalue weighted by Gasteiger charge is 2.11. The minimum atomic E-state index is 0.688. The van der Waals surface area contributed by atoms with Gasteiger partial charge in [-0.15, -0.1) is 0 Å². The van der Waals surface area contributed by atoms with Gasteiger partial charge in [-0.1, -0.05) is 52.1 Å². The maximum atomic E-state index is 6.27. The standard InChI is InChI=1S/C18H28ClN3/c1-12(2)14(4)6-5-13(3)7-9-20-17-15-8-10-21-18(15)22-11-16(17)19/h8,10-14H,5-7,9H2,1-4H3,(H2,20,21,22)/t13-,14-/m1/s1. The second kappa shape index (κ2) is 7.87. The molecule has 22 heavy (non-hydrogen) atoms. The Balaban J connectivity index is 1.82. The summed E-state index contributed by atoms with van der Waals surface area (Å²) in [5, 5.41) is 5.24. The van der Waals surface area contributed by atoms with Crippen LogP contribution in [0.3, 0.4) is 0 Å². The van der Waals surface area contributed by atoms with Crippen molar-refractivity contribution in [2.45, 2.75) is 47.0 Å². The Hall–Kier alpha value is -1.22. The number of hydrogen-bond acceptors (Lipinski definition) is 2.